The summed E-state index contributed by atoms with van der Waals surface area (Å²) in [6.45, 7) is 5.06. The fraction of sp³-hybridized carbons (Fsp3) is 0.583. The topological polar surface area (TPSA) is 82.4 Å². The smallest absolute Gasteiger partial charge is 0.405 e. The third-order valence-electron chi connectivity index (χ3n) is 7.50. The summed E-state index contributed by atoms with van der Waals surface area (Å²) in [4.78, 5) is 18.9. The molecule has 2 unspecified atom stereocenters. The Morgan fingerprint density at radius 1 is 1.23 bits per heavy atom. The van der Waals surface area contributed by atoms with Crippen LogP contribution in [0.4, 0.5) is 4.79 Å². The van der Waals surface area contributed by atoms with Gasteiger partial charge in [-0.15, -0.1) is 0 Å². The molecular formula is C24H33N5O2. The number of carboxylic acid groups (broad SMARTS) is 1. The zero-order chi connectivity index (χ0) is 21.4. The van der Waals surface area contributed by atoms with Gasteiger partial charge in [0, 0.05) is 44.2 Å². The number of carbonyl (C=O) groups is 1. The zero-order valence-electron chi connectivity index (χ0n) is 18.3. The van der Waals surface area contributed by atoms with Gasteiger partial charge in [-0.3, -0.25) is 4.90 Å². The third-order valence-corrected chi connectivity index (χ3v) is 7.50. The van der Waals surface area contributed by atoms with Crippen LogP contribution in [0.1, 0.15) is 67.0 Å². The molecule has 1 aromatic heterocycles. The molecule has 0 spiro atoms. The lowest BCUT2D eigenvalue weighted by Crippen LogP contribution is -2.45. The Morgan fingerprint density at radius 2 is 1.97 bits per heavy atom. The number of nitrogens with zero attached hydrogens (tertiary/aromatic N) is 3. The van der Waals surface area contributed by atoms with E-state index in [0.29, 0.717) is 18.1 Å². The van der Waals surface area contributed by atoms with Gasteiger partial charge in [-0.1, -0.05) is 30.3 Å². The number of imidazole rings is 1. The van der Waals surface area contributed by atoms with E-state index in [1.165, 1.54) is 42.9 Å². The molecule has 2 saturated heterocycles. The second kappa shape index (κ2) is 8.63. The summed E-state index contributed by atoms with van der Waals surface area (Å²) in [7, 11) is 0. The van der Waals surface area contributed by atoms with E-state index in [1.807, 2.05) is 30.3 Å². The van der Waals surface area contributed by atoms with Crippen molar-refractivity contribution in [1.29, 1.82) is 0 Å². The first-order chi connectivity index (χ1) is 15.1. The fourth-order valence-corrected chi connectivity index (χ4v) is 6.19. The van der Waals surface area contributed by atoms with Gasteiger partial charge in [0.15, 0.2) is 0 Å². The largest absolute Gasteiger partial charge is 0.465 e. The van der Waals surface area contributed by atoms with Crippen LogP contribution in [-0.2, 0) is 13.0 Å². The Balaban J connectivity index is 1.27. The lowest BCUT2D eigenvalue weighted by atomic mass is 9.95. The highest BCUT2D eigenvalue weighted by Crippen LogP contribution is 2.42. The summed E-state index contributed by atoms with van der Waals surface area (Å²) in [5.74, 6) is 1.17. The van der Waals surface area contributed by atoms with Crippen molar-refractivity contribution in [3.8, 4) is 0 Å². The molecule has 4 heterocycles. The standard InChI is InChI=1S/C24H33N5O2/c1-16-26-22-9-11-25-15-23(22)29(16)20-13-18-7-8-19(14-20)28(18)12-10-21(27-24(30)31)17-5-3-2-4-6-17/h2-6,18-21,25,27H,7-15H2,1H3,(H,30,31)/t18?,19?,20?,21-/m0/s1. The van der Waals surface area contributed by atoms with E-state index in [1.54, 1.807) is 0 Å². The van der Waals surface area contributed by atoms with Gasteiger partial charge in [-0.2, -0.15) is 0 Å². The van der Waals surface area contributed by atoms with Crippen LogP contribution in [0.15, 0.2) is 30.3 Å². The second-order valence-electron chi connectivity index (χ2n) is 9.30. The Kier molecular flexibility index (Phi) is 5.71. The molecule has 3 N–H and O–H groups in total. The van der Waals surface area contributed by atoms with E-state index in [9.17, 15) is 9.90 Å². The molecule has 7 nitrogen and oxygen atoms in total. The van der Waals surface area contributed by atoms with Crippen LogP contribution in [0.3, 0.4) is 0 Å². The summed E-state index contributed by atoms with van der Waals surface area (Å²) in [6, 6.07) is 11.5. The van der Waals surface area contributed by atoms with Crippen molar-refractivity contribution in [3.05, 3.63) is 53.1 Å². The number of piperidine rings is 1. The van der Waals surface area contributed by atoms with Gasteiger partial charge in [0.25, 0.3) is 0 Å². The molecule has 5 rings (SSSR count). The predicted octanol–water partition coefficient (Wildman–Crippen LogP) is 3.40. The maximum Gasteiger partial charge on any atom is 0.405 e. The van der Waals surface area contributed by atoms with Crippen LogP contribution in [0.25, 0.3) is 0 Å². The maximum atomic E-state index is 11.4. The molecule has 3 aliphatic rings. The maximum absolute atomic E-state index is 11.4. The zero-order valence-corrected chi connectivity index (χ0v) is 18.3. The van der Waals surface area contributed by atoms with Crippen LogP contribution in [0, 0.1) is 6.92 Å². The van der Waals surface area contributed by atoms with Gasteiger partial charge < -0.3 is 20.3 Å². The van der Waals surface area contributed by atoms with Crippen LogP contribution >= 0.6 is 0 Å². The van der Waals surface area contributed by atoms with Crippen molar-refractivity contribution in [1.82, 2.24) is 25.1 Å². The van der Waals surface area contributed by atoms with E-state index in [2.05, 4.69) is 27.0 Å². The molecule has 1 amide bonds. The number of rotatable bonds is 6. The van der Waals surface area contributed by atoms with Gasteiger partial charge in [-0.25, -0.2) is 9.78 Å². The Labute approximate surface area is 183 Å². The highest BCUT2D eigenvalue weighted by atomic mass is 16.4. The number of hydrogen-bond donors (Lipinski definition) is 3. The first-order valence-corrected chi connectivity index (χ1v) is 11.7. The van der Waals surface area contributed by atoms with Crippen molar-refractivity contribution in [3.63, 3.8) is 0 Å². The summed E-state index contributed by atoms with van der Waals surface area (Å²) in [5, 5.41) is 15.6. The van der Waals surface area contributed by atoms with Gasteiger partial charge >= 0.3 is 6.09 Å². The van der Waals surface area contributed by atoms with Crippen molar-refractivity contribution >= 4 is 6.09 Å². The van der Waals surface area contributed by atoms with E-state index in [-0.39, 0.29) is 6.04 Å². The van der Waals surface area contributed by atoms with Crippen molar-refractivity contribution in [2.45, 2.75) is 76.2 Å². The van der Waals surface area contributed by atoms with Gasteiger partial charge in [0.05, 0.1) is 17.4 Å². The first kappa shape index (κ1) is 20.5. The molecule has 31 heavy (non-hydrogen) atoms. The number of aryl methyl sites for hydroxylation is 1. The Hall–Kier alpha value is -2.38. The van der Waals surface area contributed by atoms with Crippen LogP contribution in [0.2, 0.25) is 0 Å². The monoisotopic (exact) mass is 423 g/mol. The number of amides is 1. The summed E-state index contributed by atoms with van der Waals surface area (Å²) in [6.07, 6.45) is 5.72. The highest BCUT2D eigenvalue weighted by Gasteiger charge is 2.42. The SMILES string of the molecule is Cc1nc2c(n1C1CC3CCC(C1)N3CC[C@H](NC(=O)O)c1ccccc1)CNCC2. The van der Waals surface area contributed by atoms with Gasteiger partial charge in [0.2, 0.25) is 0 Å². The molecule has 0 aliphatic carbocycles. The highest BCUT2D eigenvalue weighted by molar-refractivity contribution is 5.65. The fourth-order valence-electron chi connectivity index (χ4n) is 6.19. The van der Waals surface area contributed by atoms with Crippen LogP contribution in [-0.4, -0.2) is 50.8 Å². The van der Waals surface area contributed by atoms with E-state index < -0.39 is 6.09 Å². The quantitative estimate of drug-likeness (QED) is 0.663. The third kappa shape index (κ3) is 4.08. The van der Waals surface area contributed by atoms with E-state index in [0.717, 1.165) is 38.0 Å². The minimum Gasteiger partial charge on any atom is -0.465 e. The van der Waals surface area contributed by atoms with Gasteiger partial charge in [0.1, 0.15) is 5.82 Å². The molecule has 3 aliphatic heterocycles. The number of benzene rings is 1. The molecule has 3 atom stereocenters. The number of aromatic nitrogens is 2. The number of hydrogen-bond acceptors (Lipinski definition) is 4. The average Bonchev–Trinajstić information content (AvgIpc) is 3.22. The van der Waals surface area contributed by atoms with E-state index >= 15 is 0 Å². The lowest BCUT2D eigenvalue weighted by Gasteiger charge is -2.41. The molecule has 166 valence electrons. The van der Waals surface area contributed by atoms with Crippen LogP contribution in [0.5, 0.6) is 0 Å². The Morgan fingerprint density at radius 3 is 2.68 bits per heavy atom. The van der Waals surface area contributed by atoms with Gasteiger partial charge in [-0.05, 0) is 44.6 Å². The second-order valence-corrected chi connectivity index (χ2v) is 9.30. The summed E-state index contributed by atoms with van der Waals surface area (Å²) < 4.78 is 2.53. The number of fused-ring (bicyclic) bond motifs is 3. The molecule has 2 bridgehead atoms. The molecule has 1 aromatic carbocycles. The minimum atomic E-state index is -0.954. The molecule has 7 heteroatoms. The van der Waals surface area contributed by atoms with Crippen molar-refractivity contribution < 1.29 is 9.90 Å². The molecule has 2 aromatic rings. The van der Waals surface area contributed by atoms with Crippen molar-refractivity contribution in [2.24, 2.45) is 0 Å². The first-order valence-electron chi connectivity index (χ1n) is 11.7. The normalized spacial score (nSPS) is 26.4. The predicted molar refractivity (Wildman–Crippen MR) is 119 cm³/mol. The molecule has 0 radical (unpaired) electrons. The minimum absolute atomic E-state index is 0.162. The molecule has 0 saturated carbocycles. The Bertz CT molecular complexity index is 914. The van der Waals surface area contributed by atoms with Crippen LogP contribution < -0.4 is 10.6 Å². The number of nitrogens with one attached hydrogen (secondary N) is 2. The average molecular weight is 424 g/mol. The molecular weight excluding hydrogens is 390 g/mol. The summed E-state index contributed by atoms with van der Waals surface area (Å²) >= 11 is 0. The molecule has 2 fully saturated rings. The van der Waals surface area contributed by atoms with Crippen molar-refractivity contribution in [2.75, 3.05) is 13.1 Å². The summed E-state index contributed by atoms with van der Waals surface area (Å²) in [5.41, 5.74) is 3.73. The lowest BCUT2D eigenvalue weighted by molar-refractivity contribution is 0.0996. The van der Waals surface area contributed by atoms with E-state index in [4.69, 9.17) is 4.98 Å².